The molecular formula is C18H22O10. The lowest BCUT2D eigenvalue weighted by Gasteiger charge is -2.41. The van der Waals surface area contributed by atoms with Crippen LogP contribution in [0.1, 0.15) is 41.0 Å². The van der Waals surface area contributed by atoms with E-state index < -0.39 is 58.7 Å². The fraction of sp³-hybridized carbons (Fsp3) is 0.500. The van der Waals surface area contributed by atoms with Crippen molar-refractivity contribution in [3.05, 3.63) is 12.2 Å². The topological polar surface area (TPSA) is 147 Å². The summed E-state index contributed by atoms with van der Waals surface area (Å²) in [4.78, 5) is 84.7. The Hall–Kier alpha value is -3.17. The molecule has 0 heterocycles. The van der Waals surface area contributed by atoms with Crippen LogP contribution in [0.4, 0.5) is 0 Å². The van der Waals surface area contributed by atoms with E-state index >= 15 is 0 Å². The highest BCUT2D eigenvalue weighted by Crippen LogP contribution is 2.42. The van der Waals surface area contributed by atoms with Crippen molar-refractivity contribution >= 4 is 41.2 Å². The van der Waals surface area contributed by atoms with Crippen molar-refractivity contribution in [2.75, 3.05) is 7.11 Å². The van der Waals surface area contributed by atoms with Crippen LogP contribution in [0.2, 0.25) is 0 Å². The van der Waals surface area contributed by atoms with E-state index in [-0.39, 0.29) is 0 Å². The van der Waals surface area contributed by atoms with Crippen LogP contribution < -0.4 is 0 Å². The molecule has 0 aliphatic heterocycles. The zero-order valence-electron chi connectivity index (χ0n) is 16.4. The van der Waals surface area contributed by atoms with Crippen LogP contribution in [0.3, 0.4) is 0 Å². The van der Waals surface area contributed by atoms with E-state index in [1.54, 1.807) is 0 Å². The first-order chi connectivity index (χ1) is 12.8. The maximum atomic E-state index is 12.7. The van der Waals surface area contributed by atoms with Gasteiger partial charge in [-0.05, 0) is 27.2 Å². The quantitative estimate of drug-likeness (QED) is 0.229. The molecular weight excluding hydrogens is 376 g/mol. The Labute approximate surface area is 161 Å². The number of carbonyl (C=O) groups excluding carboxylic acids is 7. The van der Waals surface area contributed by atoms with E-state index in [1.165, 1.54) is 6.92 Å². The lowest BCUT2D eigenvalue weighted by Crippen LogP contribution is -2.67. The lowest BCUT2D eigenvalue weighted by molar-refractivity contribution is -0.202. The average Bonchev–Trinajstić information content (AvgIpc) is 2.57. The van der Waals surface area contributed by atoms with Crippen LogP contribution in [0, 0.1) is 5.41 Å². The van der Waals surface area contributed by atoms with Gasteiger partial charge in [-0.3, -0.25) is 19.2 Å². The first-order valence-electron chi connectivity index (χ1n) is 8.08. The Morgan fingerprint density at radius 1 is 0.786 bits per heavy atom. The second-order valence-corrected chi connectivity index (χ2v) is 5.77. The Morgan fingerprint density at radius 2 is 1.25 bits per heavy atom. The third-order valence-electron chi connectivity index (χ3n) is 4.16. The molecule has 0 radical (unpaired) electrons. The lowest BCUT2D eigenvalue weighted by atomic mass is 9.63. The predicted octanol–water partition coefficient (Wildman–Crippen LogP) is 0.251. The Balaban J connectivity index is 6.80. The number of esters is 4. The van der Waals surface area contributed by atoms with Crippen molar-refractivity contribution < 1.29 is 47.8 Å². The summed E-state index contributed by atoms with van der Waals surface area (Å²) < 4.78 is 13.7. The molecule has 1 unspecified atom stereocenters. The molecule has 28 heavy (non-hydrogen) atoms. The molecule has 10 heteroatoms. The van der Waals surface area contributed by atoms with Gasteiger partial charge in [0.1, 0.15) is 17.0 Å². The Morgan fingerprint density at radius 3 is 1.57 bits per heavy atom. The molecule has 154 valence electrons. The smallest absolute Gasteiger partial charge is 0.367 e. The SMILES string of the molecule is CCC(C(C)=O)(C(C)=O)C(OC(=O)C=CC(=O)OC)(C(C)=O)C(=O)OC(C)=O. The second kappa shape index (κ2) is 9.67. The summed E-state index contributed by atoms with van der Waals surface area (Å²) in [5.74, 6) is -8.34. The van der Waals surface area contributed by atoms with E-state index in [9.17, 15) is 33.6 Å². The summed E-state index contributed by atoms with van der Waals surface area (Å²) in [6, 6.07) is 0. The highest BCUT2D eigenvalue weighted by atomic mass is 16.6. The van der Waals surface area contributed by atoms with Crippen LogP contribution in [0.15, 0.2) is 12.2 Å². The van der Waals surface area contributed by atoms with Gasteiger partial charge in [0, 0.05) is 19.1 Å². The first-order valence-corrected chi connectivity index (χ1v) is 8.08. The van der Waals surface area contributed by atoms with Crippen LogP contribution in [0.25, 0.3) is 0 Å². The molecule has 0 saturated carbocycles. The molecule has 10 nitrogen and oxygen atoms in total. The van der Waals surface area contributed by atoms with Gasteiger partial charge in [0.05, 0.1) is 7.11 Å². The van der Waals surface area contributed by atoms with Gasteiger partial charge in [0.25, 0.3) is 5.60 Å². The zero-order chi connectivity index (χ0) is 22.3. The van der Waals surface area contributed by atoms with Crippen molar-refractivity contribution in [2.24, 2.45) is 5.41 Å². The normalized spacial score (nSPS) is 13.2. The fourth-order valence-corrected chi connectivity index (χ4v) is 2.90. The van der Waals surface area contributed by atoms with E-state index in [2.05, 4.69) is 9.47 Å². The van der Waals surface area contributed by atoms with Gasteiger partial charge in [-0.15, -0.1) is 0 Å². The molecule has 0 bridgehead atoms. The second-order valence-electron chi connectivity index (χ2n) is 5.77. The highest BCUT2D eigenvalue weighted by molar-refractivity contribution is 6.22. The number of ether oxygens (including phenoxy) is 3. The molecule has 0 aromatic carbocycles. The predicted molar refractivity (Wildman–Crippen MR) is 91.5 cm³/mol. The van der Waals surface area contributed by atoms with Crippen LogP contribution in [-0.4, -0.2) is 53.9 Å². The van der Waals surface area contributed by atoms with Crippen LogP contribution in [0.5, 0.6) is 0 Å². The summed E-state index contributed by atoms with van der Waals surface area (Å²) in [5.41, 5.74) is -5.51. The minimum atomic E-state index is -3.07. The molecule has 0 spiro atoms. The first kappa shape index (κ1) is 24.8. The molecule has 0 aromatic rings. The Bertz CT molecular complexity index is 731. The van der Waals surface area contributed by atoms with Gasteiger partial charge in [0.15, 0.2) is 5.78 Å². The average molecular weight is 398 g/mol. The molecule has 0 N–H and O–H groups in total. The van der Waals surface area contributed by atoms with Crippen molar-refractivity contribution in [1.29, 1.82) is 0 Å². The van der Waals surface area contributed by atoms with Crippen LogP contribution >= 0.6 is 0 Å². The zero-order valence-corrected chi connectivity index (χ0v) is 16.4. The van der Waals surface area contributed by atoms with Crippen molar-refractivity contribution in [3.8, 4) is 0 Å². The molecule has 0 rings (SSSR count). The van der Waals surface area contributed by atoms with Gasteiger partial charge < -0.3 is 14.2 Å². The standard InChI is InChI=1S/C18H22O10/c1-7-17(10(2)19,11(3)20)18(12(4)21,16(25)27-13(5)22)28-15(24)9-8-14(23)26-6/h8-9H,7H2,1-6H3. The van der Waals surface area contributed by atoms with E-state index in [1.807, 2.05) is 0 Å². The number of ketones is 3. The largest absolute Gasteiger partial charge is 0.466 e. The molecule has 0 aliphatic rings. The number of methoxy groups -OCH3 is 1. The van der Waals surface area contributed by atoms with Gasteiger partial charge in [0.2, 0.25) is 0 Å². The molecule has 0 aliphatic carbocycles. The summed E-state index contributed by atoms with van der Waals surface area (Å²) in [5, 5.41) is 0. The summed E-state index contributed by atoms with van der Waals surface area (Å²) in [7, 11) is 1.04. The minimum Gasteiger partial charge on any atom is -0.466 e. The monoisotopic (exact) mass is 398 g/mol. The summed E-state index contributed by atoms with van der Waals surface area (Å²) >= 11 is 0. The molecule has 1 atom stereocenters. The fourth-order valence-electron chi connectivity index (χ4n) is 2.90. The molecule has 0 amide bonds. The van der Waals surface area contributed by atoms with E-state index in [0.29, 0.717) is 12.2 Å². The maximum Gasteiger partial charge on any atom is 0.367 e. The maximum absolute atomic E-state index is 12.7. The third kappa shape index (κ3) is 4.56. The number of Topliss-reactive ketones (excluding diaryl/α,β-unsaturated/α-hetero) is 3. The van der Waals surface area contributed by atoms with Gasteiger partial charge in [-0.2, -0.15) is 0 Å². The van der Waals surface area contributed by atoms with Crippen molar-refractivity contribution in [2.45, 2.75) is 46.6 Å². The number of hydrogen-bond acceptors (Lipinski definition) is 10. The van der Waals surface area contributed by atoms with E-state index in [0.717, 1.165) is 34.8 Å². The summed E-state index contributed by atoms with van der Waals surface area (Å²) in [6.45, 7) is 4.83. The minimum absolute atomic E-state index is 0.418. The van der Waals surface area contributed by atoms with E-state index in [4.69, 9.17) is 4.74 Å². The Kier molecular flexibility index (Phi) is 8.58. The number of carbonyl (C=O) groups is 7. The van der Waals surface area contributed by atoms with Gasteiger partial charge in [-0.1, -0.05) is 6.92 Å². The third-order valence-corrected chi connectivity index (χ3v) is 4.16. The van der Waals surface area contributed by atoms with Crippen molar-refractivity contribution in [3.63, 3.8) is 0 Å². The molecule has 0 fully saturated rings. The highest BCUT2D eigenvalue weighted by Gasteiger charge is 2.69. The number of rotatable bonds is 9. The summed E-state index contributed by atoms with van der Waals surface area (Å²) in [6.07, 6.45) is 0.752. The molecule has 0 aromatic heterocycles. The van der Waals surface area contributed by atoms with Crippen molar-refractivity contribution in [1.82, 2.24) is 0 Å². The van der Waals surface area contributed by atoms with Crippen LogP contribution in [-0.2, 0) is 47.8 Å². The molecule has 0 saturated heterocycles. The number of hydrogen-bond donors (Lipinski definition) is 0. The van der Waals surface area contributed by atoms with Gasteiger partial charge >= 0.3 is 23.9 Å². The van der Waals surface area contributed by atoms with Gasteiger partial charge in [-0.25, -0.2) is 14.4 Å².